The molecule has 3 aromatic rings. The van der Waals surface area contributed by atoms with Gasteiger partial charge in [-0.3, -0.25) is 9.59 Å². The Labute approximate surface area is 229 Å². The first-order valence-corrected chi connectivity index (χ1v) is 14.0. The van der Waals surface area contributed by atoms with Crippen LogP contribution in [0.4, 0.5) is 5.69 Å². The molecule has 0 saturated carbocycles. The van der Waals surface area contributed by atoms with Crippen molar-refractivity contribution in [2.75, 3.05) is 11.1 Å². The van der Waals surface area contributed by atoms with Crippen LogP contribution in [0.3, 0.4) is 0 Å². The Balaban J connectivity index is 1.73. The summed E-state index contributed by atoms with van der Waals surface area (Å²) in [6.45, 7) is 10.8. The van der Waals surface area contributed by atoms with Gasteiger partial charge in [-0.2, -0.15) is 0 Å². The second kappa shape index (κ2) is 12.7. The van der Waals surface area contributed by atoms with E-state index in [0.717, 1.165) is 15.7 Å². The summed E-state index contributed by atoms with van der Waals surface area (Å²) in [7, 11) is 0. The van der Waals surface area contributed by atoms with E-state index < -0.39 is 0 Å². The molecule has 1 atom stereocenters. The lowest BCUT2D eigenvalue weighted by Gasteiger charge is -2.22. The number of halogens is 2. The number of aromatic nitrogens is 3. The number of anilines is 1. The van der Waals surface area contributed by atoms with Gasteiger partial charge in [-0.05, 0) is 54.7 Å². The lowest BCUT2D eigenvalue weighted by atomic mass is 10.0. The molecule has 2 amide bonds. The molecule has 1 aromatic heterocycles. The molecule has 2 aromatic carbocycles. The fourth-order valence-electron chi connectivity index (χ4n) is 3.77. The third-order valence-corrected chi connectivity index (χ3v) is 7.44. The van der Waals surface area contributed by atoms with Gasteiger partial charge in [-0.15, -0.1) is 10.2 Å². The molecular weight excluding hydrogens is 562 g/mol. The summed E-state index contributed by atoms with van der Waals surface area (Å²) in [6.07, 6.45) is 0. The highest BCUT2D eigenvalue weighted by Crippen LogP contribution is 2.29. The molecular formula is C26H31BrClN5O2S. The molecule has 0 spiro atoms. The first kappa shape index (κ1) is 28.2. The fourth-order valence-corrected chi connectivity index (χ4v) is 5.18. The minimum absolute atomic E-state index is 0.0546. The monoisotopic (exact) mass is 591 g/mol. The summed E-state index contributed by atoms with van der Waals surface area (Å²) >= 11 is 11.0. The molecule has 0 aliphatic carbocycles. The third-order valence-electron chi connectivity index (χ3n) is 5.65. The predicted octanol–water partition coefficient (Wildman–Crippen LogP) is 6.70. The number of carbonyl (C=O) groups is 2. The number of rotatable bonds is 10. The Morgan fingerprint density at radius 1 is 1.11 bits per heavy atom. The topological polar surface area (TPSA) is 88.9 Å². The van der Waals surface area contributed by atoms with Crippen LogP contribution in [-0.4, -0.2) is 32.3 Å². The van der Waals surface area contributed by atoms with E-state index in [1.165, 1.54) is 11.8 Å². The maximum atomic E-state index is 12.9. The zero-order valence-corrected chi connectivity index (χ0v) is 24.2. The van der Waals surface area contributed by atoms with Crippen molar-refractivity contribution in [1.82, 2.24) is 20.1 Å². The van der Waals surface area contributed by atoms with Crippen LogP contribution >= 0.6 is 39.3 Å². The van der Waals surface area contributed by atoms with Gasteiger partial charge >= 0.3 is 0 Å². The lowest BCUT2D eigenvalue weighted by Crippen LogP contribution is -2.34. The molecule has 2 N–H and O–H groups in total. The largest absolute Gasteiger partial charge is 0.342 e. The molecule has 7 nitrogen and oxygen atoms in total. The molecule has 1 heterocycles. The standard InChI is InChI=1S/C26H31BrClN5O2S/c1-6-33-24(23(16(4)5)30-25(35)18-9-7-8-10-20(18)28)31-32-26(33)36-14-22(34)29-21-12-11-17(27)13-19(21)15(2)3/h7-13,15-16,23H,6,14H2,1-5H3,(H,29,34)(H,30,35)/t23-/m1/s1. The predicted molar refractivity (Wildman–Crippen MR) is 150 cm³/mol. The smallest absolute Gasteiger partial charge is 0.253 e. The summed E-state index contributed by atoms with van der Waals surface area (Å²) in [5, 5.41) is 15.8. The molecule has 0 unspecified atom stereocenters. The highest BCUT2D eigenvalue weighted by Gasteiger charge is 2.27. The molecule has 0 saturated heterocycles. The highest BCUT2D eigenvalue weighted by molar-refractivity contribution is 9.10. The van der Waals surface area contributed by atoms with Gasteiger partial charge in [-0.25, -0.2) is 0 Å². The molecule has 0 radical (unpaired) electrons. The number of nitrogens with zero attached hydrogens (tertiary/aromatic N) is 3. The lowest BCUT2D eigenvalue weighted by molar-refractivity contribution is -0.113. The van der Waals surface area contributed by atoms with E-state index in [1.807, 2.05) is 43.5 Å². The van der Waals surface area contributed by atoms with E-state index in [4.69, 9.17) is 11.6 Å². The van der Waals surface area contributed by atoms with Crippen molar-refractivity contribution in [1.29, 1.82) is 0 Å². The molecule has 0 bridgehead atoms. The minimum Gasteiger partial charge on any atom is -0.342 e. The van der Waals surface area contributed by atoms with Crippen LogP contribution in [0.1, 0.15) is 68.3 Å². The van der Waals surface area contributed by atoms with Crippen LogP contribution in [0.2, 0.25) is 5.02 Å². The Morgan fingerprint density at radius 2 is 1.83 bits per heavy atom. The zero-order valence-electron chi connectivity index (χ0n) is 21.0. The third kappa shape index (κ3) is 6.89. The average Bonchev–Trinajstić information content (AvgIpc) is 3.24. The van der Waals surface area contributed by atoms with Crippen molar-refractivity contribution in [2.45, 2.75) is 58.3 Å². The minimum atomic E-state index is -0.374. The second-order valence-electron chi connectivity index (χ2n) is 8.98. The van der Waals surface area contributed by atoms with Crippen molar-refractivity contribution in [3.8, 4) is 0 Å². The first-order chi connectivity index (χ1) is 17.1. The summed E-state index contributed by atoms with van der Waals surface area (Å²) < 4.78 is 2.91. The maximum Gasteiger partial charge on any atom is 0.253 e. The van der Waals surface area contributed by atoms with E-state index in [9.17, 15) is 9.59 Å². The van der Waals surface area contributed by atoms with Gasteiger partial charge in [0.25, 0.3) is 5.91 Å². The highest BCUT2D eigenvalue weighted by atomic mass is 79.9. The summed E-state index contributed by atoms with van der Waals surface area (Å²) in [4.78, 5) is 25.7. The Hall–Kier alpha value is -2.36. The number of hydrogen-bond donors (Lipinski definition) is 2. The first-order valence-electron chi connectivity index (χ1n) is 11.8. The summed E-state index contributed by atoms with van der Waals surface area (Å²) in [5.41, 5.74) is 2.28. The van der Waals surface area contributed by atoms with Gasteiger partial charge < -0.3 is 15.2 Å². The van der Waals surface area contributed by atoms with Crippen molar-refractivity contribution in [3.05, 3.63) is 68.9 Å². The van der Waals surface area contributed by atoms with Gasteiger partial charge in [0.05, 0.1) is 22.4 Å². The van der Waals surface area contributed by atoms with Crippen molar-refractivity contribution < 1.29 is 9.59 Å². The number of nitrogens with one attached hydrogen (secondary N) is 2. The van der Waals surface area contributed by atoms with E-state index >= 15 is 0 Å². The second-order valence-corrected chi connectivity index (χ2v) is 11.2. The van der Waals surface area contributed by atoms with Crippen LogP contribution in [0.15, 0.2) is 52.1 Å². The number of carbonyl (C=O) groups excluding carboxylic acids is 2. The Morgan fingerprint density at radius 3 is 2.47 bits per heavy atom. The molecule has 3 rings (SSSR count). The SMILES string of the molecule is CCn1c(SCC(=O)Nc2ccc(Br)cc2C(C)C)nnc1[C@H](NC(=O)c1ccccc1Cl)C(C)C. The van der Waals surface area contributed by atoms with Gasteiger partial charge in [0.1, 0.15) is 0 Å². The summed E-state index contributed by atoms with van der Waals surface area (Å²) in [5.74, 6) is 0.761. The molecule has 0 aliphatic heterocycles. The van der Waals surface area contributed by atoms with Crippen molar-refractivity contribution >= 4 is 56.8 Å². The molecule has 10 heteroatoms. The quantitative estimate of drug-likeness (QED) is 0.256. The fraction of sp³-hybridized carbons (Fsp3) is 0.385. The number of thioether (sulfide) groups is 1. The number of benzene rings is 2. The van der Waals surface area contributed by atoms with Crippen LogP contribution in [0.5, 0.6) is 0 Å². The number of amides is 2. The van der Waals surface area contributed by atoms with Gasteiger partial charge in [0, 0.05) is 16.7 Å². The normalized spacial score (nSPS) is 12.1. The van der Waals surface area contributed by atoms with Crippen LogP contribution in [0, 0.1) is 5.92 Å². The van der Waals surface area contributed by atoms with Crippen molar-refractivity contribution in [3.63, 3.8) is 0 Å². The van der Waals surface area contributed by atoms with Crippen LogP contribution < -0.4 is 10.6 Å². The van der Waals surface area contributed by atoms with Crippen molar-refractivity contribution in [2.24, 2.45) is 5.92 Å². The van der Waals surface area contributed by atoms with E-state index in [2.05, 4.69) is 50.6 Å². The van der Waals surface area contributed by atoms with Gasteiger partial charge in [0.15, 0.2) is 11.0 Å². The zero-order chi connectivity index (χ0) is 26.4. The van der Waals surface area contributed by atoms with Crippen LogP contribution in [-0.2, 0) is 11.3 Å². The van der Waals surface area contributed by atoms with E-state index in [-0.39, 0.29) is 35.4 Å². The molecule has 36 heavy (non-hydrogen) atoms. The molecule has 0 fully saturated rings. The van der Waals surface area contributed by atoms with Gasteiger partial charge in [0.2, 0.25) is 5.91 Å². The van der Waals surface area contributed by atoms with Gasteiger partial charge in [-0.1, -0.05) is 79.1 Å². The summed E-state index contributed by atoms with van der Waals surface area (Å²) in [6, 6.07) is 12.4. The number of hydrogen-bond acceptors (Lipinski definition) is 5. The van der Waals surface area contributed by atoms with Crippen LogP contribution in [0.25, 0.3) is 0 Å². The maximum absolute atomic E-state index is 12.9. The van der Waals surface area contributed by atoms with E-state index in [1.54, 1.807) is 24.3 Å². The molecule has 0 aliphatic rings. The van der Waals surface area contributed by atoms with E-state index in [0.29, 0.717) is 28.1 Å². The Bertz CT molecular complexity index is 1230. The Kier molecular flexibility index (Phi) is 9.99. The molecule has 192 valence electrons. The average molecular weight is 593 g/mol.